The first-order valence-corrected chi connectivity index (χ1v) is 15.5. The molecule has 1 aromatic heterocycles. The molecule has 1 unspecified atom stereocenters. The number of hydrogen-bond acceptors (Lipinski definition) is 2. The highest BCUT2D eigenvalue weighted by Crippen LogP contribution is 2.53. The summed E-state index contributed by atoms with van der Waals surface area (Å²) in [5.41, 5.74) is 15.2. The monoisotopic (exact) mass is 567 g/mol. The standard InChI is InChI=1S/C41H33N3/c1-41(2)34-18-9-7-16-30(34)32-21-22-33-31-17-8-10-19-36(31)44(39(33)38(32)41)29-15-11-14-27(24-29)28-20-23-35-37(25-28)43(3)40(42-35)26-12-5-4-6-13-26/h4-25,40,42H,1-3H3. The number of aromatic nitrogens is 1. The zero-order chi connectivity index (χ0) is 29.6. The van der Waals surface area contributed by atoms with Crippen LogP contribution in [0.1, 0.15) is 36.7 Å². The summed E-state index contributed by atoms with van der Waals surface area (Å²) in [6.07, 6.45) is 0.125. The van der Waals surface area contributed by atoms with Crippen LogP contribution in [0, 0.1) is 0 Å². The number of benzene rings is 6. The van der Waals surface area contributed by atoms with Crippen molar-refractivity contribution < 1.29 is 0 Å². The molecule has 0 bridgehead atoms. The summed E-state index contributed by atoms with van der Waals surface area (Å²) in [6, 6.07) is 49.0. The quantitative estimate of drug-likeness (QED) is 0.229. The van der Waals surface area contributed by atoms with Gasteiger partial charge in [0.2, 0.25) is 0 Å². The molecule has 1 aliphatic carbocycles. The van der Waals surface area contributed by atoms with E-state index < -0.39 is 0 Å². The second kappa shape index (κ2) is 9.11. The van der Waals surface area contributed by atoms with Crippen molar-refractivity contribution in [3.8, 4) is 27.9 Å². The number of para-hydroxylation sites is 1. The molecular formula is C41H33N3. The molecule has 7 aromatic rings. The molecule has 0 radical (unpaired) electrons. The summed E-state index contributed by atoms with van der Waals surface area (Å²) in [7, 11) is 2.18. The molecular weight excluding hydrogens is 534 g/mol. The molecule has 0 saturated heterocycles. The van der Waals surface area contributed by atoms with E-state index in [0.29, 0.717) is 0 Å². The first-order chi connectivity index (χ1) is 21.5. The molecule has 3 heteroatoms. The van der Waals surface area contributed by atoms with Gasteiger partial charge in [0.05, 0.1) is 22.4 Å². The second-order valence-electron chi connectivity index (χ2n) is 12.8. The Morgan fingerprint density at radius 1 is 0.636 bits per heavy atom. The molecule has 6 aromatic carbocycles. The summed E-state index contributed by atoms with van der Waals surface area (Å²) >= 11 is 0. The van der Waals surface area contributed by atoms with E-state index in [4.69, 9.17) is 0 Å². The Hall–Kier alpha value is -5.28. The number of hydrogen-bond donors (Lipinski definition) is 1. The molecule has 1 aliphatic heterocycles. The van der Waals surface area contributed by atoms with Crippen LogP contribution in [-0.4, -0.2) is 11.6 Å². The lowest BCUT2D eigenvalue weighted by Gasteiger charge is -2.24. The minimum absolute atomic E-state index is 0.109. The fourth-order valence-electron chi connectivity index (χ4n) is 7.86. The van der Waals surface area contributed by atoms with E-state index >= 15 is 0 Å². The first-order valence-electron chi connectivity index (χ1n) is 15.5. The first kappa shape index (κ1) is 25.2. The molecule has 212 valence electrons. The van der Waals surface area contributed by atoms with Crippen LogP contribution in [0.3, 0.4) is 0 Å². The van der Waals surface area contributed by atoms with Gasteiger partial charge in [-0.15, -0.1) is 0 Å². The maximum atomic E-state index is 3.71. The maximum absolute atomic E-state index is 3.71. The van der Waals surface area contributed by atoms with Crippen molar-refractivity contribution in [1.29, 1.82) is 0 Å². The zero-order valence-corrected chi connectivity index (χ0v) is 25.2. The highest BCUT2D eigenvalue weighted by molar-refractivity contribution is 6.13. The fourth-order valence-corrected chi connectivity index (χ4v) is 7.86. The van der Waals surface area contributed by atoms with Crippen LogP contribution in [-0.2, 0) is 5.41 Å². The van der Waals surface area contributed by atoms with Crippen molar-refractivity contribution in [2.45, 2.75) is 25.4 Å². The summed E-state index contributed by atoms with van der Waals surface area (Å²) in [4.78, 5) is 2.34. The molecule has 2 heterocycles. The molecule has 44 heavy (non-hydrogen) atoms. The molecule has 2 aliphatic rings. The van der Waals surface area contributed by atoms with Crippen LogP contribution < -0.4 is 10.2 Å². The SMILES string of the molecule is CN1c2cc(-c3cccc(-n4c5ccccc5c5ccc6c(c54)C(C)(C)c4ccccc4-6)c3)ccc2NC1c1ccccc1. The summed E-state index contributed by atoms with van der Waals surface area (Å²) in [5, 5.41) is 6.31. The van der Waals surface area contributed by atoms with E-state index in [9.17, 15) is 0 Å². The van der Waals surface area contributed by atoms with E-state index in [-0.39, 0.29) is 11.6 Å². The highest BCUT2D eigenvalue weighted by Gasteiger charge is 2.38. The second-order valence-corrected chi connectivity index (χ2v) is 12.8. The topological polar surface area (TPSA) is 20.2 Å². The Morgan fingerprint density at radius 2 is 1.41 bits per heavy atom. The average molecular weight is 568 g/mol. The summed E-state index contributed by atoms with van der Waals surface area (Å²) < 4.78 is 2.51. The Labute approximate surface area is 258 Å². The van der Waals surface area contributed by atoms with E-state index in [0.717, 1.165) is 0 Å². The van der Waals surface area contributed by atoms with Gasteiger partial charge >= 0.3 is 0 Å². The molecule has 0 spiro atoms. The van der Waals surface area contributed by atoms with Gasteiger partial charge in [-0.2, -0.15) is 0 Å². The summed E-state index contributed by atoms with van der Waals surface area (Å²) in [6.45, 7) is 4.76. The third-order valence-electron chi connectivity index (χ3n) is 9.96. The number of anilines is 2. The van der Waals surface area contributed by atoms with Crippen molar-refractivity contribution in [2.75, 3.05) is 17.3 Å². The smallest absolute Gasteiger partial charge is 0.125 e. The van der Waals surface area contributed by atoms with Crippen LogP contribution in [0.2, 0.25) is 0 Å². The lowest BCUT2D eigenvalue weighted by atomic mass is 9.81. The lowest BCUT2D eigenvalue weighted by Crippen LogP contribution is -2.23. The third-order valence-corrected chi connectivity index (χ3v) is 9.96. The van der Waals surface area contributed by atoms with E-state index in [1.807, 2.05) is 0 Å². The average Bonchev–Trinajstić information content (AvgIpc) is 3.66. The molecule has 1 atom stereocenters. The largest absolute Gasteiger partial charge is 0.360 e. The number of nitrogens with zero attached hydrogens (tertiary/aromatic N) is 2. The minimum Gasteiger partial charge on any atom is -0.360 e. The lowest BCUT2D eigenvalue weighted by molar-refractivity contribution is 0.664. The molecule has 1 N–H and O–H groups in total. The van der Waals surface area contributed by atoms with Gasteiger partial charge in [-0.25, -0.2) is 0 Å². The van der Waals surface area contributed by atoms with Crippen molar-refractivity contribution >= 4 is 33.2 Å². The van der Waals surface area contributed by atoms with Crippen molar-refractivity contribution in [1.82, 2.24) is 4.57 Å². The fraction of sp³-hybridized carbons (Fsp3) is 0.122. The van der Waals surface area contributed by atoms with Crippen LogP contribution >= 0.6 is 0 Å². The van der Waals surface area contributed by atoms with Crippen molar-refractivity contribution in [3.63, 3.8) is 0 Å². The minimum atomic E-state index is -0.109. The van der Waals surface area contributed by atoms with Crippen LogP contribution in [0.15, 0.2) is 133 Å². The maximum Gasteiger partial charge on any atom is 0.125 e. The van der Waals surface area contributed by atoms with Crippen LogP contribution in [0.4, 0.5) is 11.4 Å². The van der Waals surface area contributed by atoms with Gasteiger partial charge in [-0.3, -0.25) is 0 Å². The normalized spacial score (nSPS) is 16.2. The Morgan fingerprint density at radius 3 is 2.30 bits per heavy atom. The molecule has 0 amide bonds. The van der Waals surface area contributed by atoms with Gasteiger partial charge in [-0.1, -0.05) is 117 Å². The van der Waals surface area contributed by atoms with Gasteiger partial charge in [-0.05, 0) is 69.3 Å². The zero-order valence-electron chi connectivity index (χ0n) is 25.2. The predicted octanol–water partition coefficient (Wildman–Crippen LogP) is 10.3. The van der Waals surface area contributed by atoms with Gasteiger partial charge in [0.1, 0.15) is 6.17 Å². The molecule has 9 rings (SSSR count). The van der Waals surface area contributed by atoms with Gasteiger partial charge in [0, 0.05) is 28.9 Å². The number of rotatable bonds is 3. The molecule has 0 fully saturated rings. The van der Waals surface area contributed by atoms with Gasteiger partial charge < -0.3 is 14.8 Å². The van der Waals surface area contributed by atoms with Gasteiger partial charge in [0.15, 0.2) is 0 Å². The van der Waals surface area contributed by atoms with Crippen LogP contribution in [0.5, 0.6) is 0 Å². The van der Waals surface area contributed by atoms with E-state index in [2.05, 4.69) is 169 Å². The van der Waals surface area contributed by atoms with Gasteiger partial charge in [0.25, 0.3) is 0 Å². The number of nitrogens with one attached hydrogen (secondary N) is 1. The Bertz CT molecular complexity index is 2260. The summed E-state index contributed by atoms with van der Waals surface area (Å²) in [5.74, 6) is 0. The van der Waals surface area contributed by atoms with E-state index in [1.54, 1.807) is 0 Å². The Kier molecular flexibility index (Phi) is 5.23. The third kappa shape index (κ3) is 3.44. The highest BCUT2D eigenvalue weighted by atomic mass is 15.3. The molecule has 0 saturated carbocycles. The number of fused-ring (bicyclic) bond motifs is 8. The van der Waals surface area contributed by atoms with Crippen molar-refractivity contribution in [3.05, 3.63) is 150 Å². The van der Waals surface area contributed by atoms with Crippen molar-refractivity contribution in [2.24, 2.45) is 0 Å². The molecule has 3 nitrogen and oxygen atoms in total. The van der Waals surface area contributed by atoms with E-state index in [1.165, 1.54) is 77.8 Å². The predicted molar refractivity (Wildman–Crippen MR) is 185 cm³/mol. The Balaban J connectivity index is 1.22. The van der Waals surface area contributed by atoms with Crippen LogP contribution in [0.25, 0.3) is 49.7 Å².